The van der Waals surface area contributed by atoms with Gasteiger partial charge >= 0.3 is 5.97 Å². The second-order valence-corrected chi connectivity index (χ2v) is 11.8. The zero-order valence-electron chi connectivity index (χ0n) is 18.3. The summed E-state index contributed by atoms with van der Waals surface area (Å²) in [5, 5.41) is 10.2. The zero-order valence-corrected chi connectivity index (χ0v) is 20.0. The van der Waals surface area contributed by atoms with Crippen LogP contribution < -0.4 is 0 Å². The molecule has 0 amide bonds. The van der Waals surface area contributed by atoms with E-state index < -0.39 is 5.97 Å². The largest absolute Gasteiger partial charge is 0.481 e. The molecular formula is C23H36N2O2S2. The molecule has 4 nitrogen and oxygen atoms in total. The number of aliphatic carboxylic acids is 1. The van der Waals surface area contributed by atoms with E-state index in [1.54, 1.807) is 0 Å². The van der Waals surface area contributed by atoms with Crippen molar-refractivity contribution < 1.29 is 9.90 Å². The molecule has 6 heteroatoms. The lowest BCUT2D eigenvalue weighted by molar-refractivity contribution is -0.137. The fraction of sp³-hybridized carbons (Fsp3) is 0.739. The Bertz CT molecular complexity index is 715. The summed E-state index contributed by atoms with van der Waals surface area (Å²) < 4.78 is 0. The van der Waals surface area contributed by atoms with E-state index in [4.69, 9.17) is 4.99 Å². The van der Waals surface area contributed by atoms with Crippen LogP contribution in [0.25, 0.3) is 0 Å². The Hall–Kier alpha value is -1.01. The SMILES string of the molecule is CCc1ccc(CN(CCC(=O)O)C2=NC(C3CCC(C(C)(C)C)CC3)CS2)s1. The van der Waals surface area contributed by atoms with Crippen molar-refractivity contribution in [1.82, 2.24) is 4.90 Å². The molecular weight excluding hydrogens is 400 g/mol. The van der Waals surface area contributed by atoms with Crippen LogP contribution in [0.4, 0.5) is 0 Å². The summed E-state index contributed by atoms with van der Waals surface area (Å²) in [6.45, 7) is 10.6. The van der Waals surface area contributed by atoms with Gasteiger partial charge in [-0.15, -0.1) is 11.3 Å². The summed E-state index contributed by atoms with van der Waals surface area (Å²) >= 11 is 3.66. The lowest BCUT2D eigenvalue weighted by Gasteiger charge is -2.38. The number of nitrogens with zero attached hydrogens (tertiary/aromatic N) is 2. The molecule has 1 fully saturated rings. The highest BCUT2D eigenvalue weighted by molar-refractivity contribution is 8.14. The summed E-state index contributed by atoms with van der Waals surface area (Å²) in [4.78, 5) is 21.2. The van der Waals surface area contributed by atoms with Crippen LogP contribution in [0.5, 0.6) is 0 Å². The predicted molar refractivity (Wildman–Crippen MR) is 125 cm³/mol. The summed E-state index contributed by atoms with van der Waals surface area (Å²) in [5.74, 6) is 1.83. The molecule has 0 aromatic carbocycles. The van der Waals surface area contributed by atoms with Gasteiger partial charge in [-0.05, 0) is 61.5 Å². The number of hydrogen-bond acceptors (Lipinski definition) is 5. The van der Waals surface area contributed by atoms with E-state index in [1.165, 1.54) is 35.4 Å². The minimum Gasteiger partial charge on any atom is -0.481 e. The van der Waals surface area contributed by atoms with Gasteiger partial charge in [0.15, 0.2) is 5.17 Å². The van der Waals surface area contributed by atoms with Crippen LogP contribution in [0.15, 0.2) is 17.1 Å². The Morgan fingerprint density at radius 1 is 1.21 bits per heavy atom. The first kappa shape index (κ1) is 22.7. The van der Waals surface area contributed by atoms with E-state index in [9.17, 15) is 9.90 Å². The smallest absolute Gasteiger partial charge is 0.305 e. The number of carboxylic acids is 1. The Kier molecular flexibility index (Phi) is 7.71. The van der Waals surface area contributed by atoms with Crippen LogP contribution in [0.1, 0.15) is 69.6 Å². The second-order valence-electron chi connectivity index (χ2n) is 9.55. The molecule has 29 heavy (non-hydrogen) atoms. The molecule has 0 saturated heterocycles. The molecule has 1 aromatic heterocycles. The van der Waals surface area contributed by atoms with Crippen LogP contribution in [0, 0.1) is 17.3 Å². The molecule has 0 radical (unpaired) electrons. The van der Waals surface area contributed by atoms with Gasteiger partial charge in [-0.2, -0.15) is 0 Å². The molecule has 1 aliphatic heterocycles. The van der Waals surface area contributed by atoms with E-state index in [-0.39, 0.29) is 6.42 Å². The number of aryl methyl sites for hydroxylation is 1. The molecule has 1 saturated carbocycles. The first-order valence-electron chi connectivity index (χ1n) is 11.0. The molecule has 3 rings (SSSR count). The monoisotopic (exact) mass is 436 g/mol. The van der Waals surface area contributed by atoms with Gasteiger partial charge < -0.3 is 10.0 Å². The molecule has 2 aliphatic rings. The standard InChI is InChI=1S/C23H36N2O2S2/c1-5-18-10-11-19(29-18)14-25(13-12-21(26)27)22-24-20(15-28-22)16-6-8-17(9-7-16)23(2,3)4/h10-11,16-17,20H,5-9,12-15H2,1-4H3,(H,26,27). The van der Waals surface area contributed by atoms with Crippen molar-refractivity contribution >= 4 is 34.2 Å². The maximum atomic E-state index is 11.2. The minimum atomic E-state index is -0.740. The maximum Gasteiger partial charge on any atom is 0.305 e. The topological polar surface area (TPSA) is 52.9 Å². The van der Waals surface area contributed by atoms with Crippen molar-refractivity contribution in [2.24, 2.45) is 22.2 Å². The quantitative estimate of drug-likeness (QED) is 0.577. The summed E-state index contributed by atoms with van der Waals surface area (Å²) in [6.07, 6.45) is 6.41. The van der Waals surface area contributed by atoms with Crippen molar-refractivity contribution in [3.05, 3.63) is 21.9 Å². The van der Waals surface area contributed by atoms with Crippen molar-refractivity contribution in [3.8, 4) is 0 Å². The fourth-order valence-electron chi connectivity index (χ4n) is 4.52. The third-order valence-electron chi connectivity index (χ3n) is 6.48. The number of hydrogen-bond donors (Lipinski definition) is 1. The summed E-state index contributed by atoms with van der Waals surface area (Å²) in [7, 11) is 0. The normalized spacial score (nSPS) is 25.1. The predicted octanol–water partition coefficient (Wildman–Crippen LogP) is 5.91. The average molecular weight is 437 g/mol. The third-order valence-corrected chi connectivity index (χ3v) is 8.82. The molecule has 162 valence electrons. The fourth-order valence-corrected chi connectivity index (χ4v) is 6.71. The summed E-state index contributed by atoms with van der Waals surface area (Å²) in [5.41, 5.74) is 0.412. The highest BCUT2D eigenvalue weighted by Crippen LogP contribution is 2.42. The number of thiophene rings is 1. The molecule has 1 unspecified atom stereocenters. The Morgan fingerprint density at radius 2 is 1.90 bits per heavy atom. The van der Waals surface area contributed by atoms with Crippen LogP contribution in [-0.2, 0) is 17.8 Å². The van der Waals surface area contributed by atoms with Gasteiger partial charge in [-0.3, -0.25) is 9.79 Å². The van der Waals surface area contributed by atoms with Gasteiger partial charge in [0.2, 0.25) is 0 Å². The number of carboxylic acid groups (broad SMARTS) is 1. The lowest BCUT2D eigenvalue weighted by atomic mass is 9.69. The van der Waals surface area contributed by atoms with Crippen molar-refractivity contribution in [3.63, 3.8) is 0 Å². The van der Waals surface area contributed by atoms with Gasteiger partial charge in [-0.25, -0.2) is 0 Å². The van der Waals surface area contributed by atoms with Crippen molar-refractivity contribution in [2.45, 2.75) is 78.8 Å². The second kappa shape index (κ2) is 9.86. The molecule has 2 heterocycles. The molecule has 1 atom stereocenters. The highest BCUT2D eigenvalue weighted by Gasteiger charge is 2.35. The Morgan fingerprint density at radius 3 is 2.48 bits per heavy atom. The minimum absolute atomic E-state index is 0.160. The van der Waals surface area contributed by atoms with Crippen molar-refractivity contribution in [1.29, 1.82) is 0 Å². The number of rotatable bonds is 7. The Balaban J connectivity index is 1.64. The maximum absolute atomic E-state index is 11.2. The molecule has 0 bridgehead atoms. The third kappa shape index (κ3) is 6.24. The molecule has 1 N–H and O–H groups in total. The van der Waals surface area contributed by atoms with E-state index in [0.717, 1.165) is 29.8 Å². The van der Waals surface area contributed by atoms with E-state index >= 15 is 0 Å². The Labute approximate surface area is 184 Å². The average Bonchev–Trinajstić information content (AvgIpc) is 3.34. The van der Waals surface area contributed by atoms with Gasteiger partial charge in [0.05, 0.1) is 19.0 Å². The number of carbonyl (C=O) groups is 1. The van der Waals surface area contributed by atoms with E-state index in [1.807, 2.05) is 23.1 Å². The molecule has 0 spiro atoms. The van der Waals surface area contributed by atoms with Gasteiger partial charge in [0.25, 0.3) is 0 Å². The van der Waals surface area contributed by atoms with Gasteiger partial charge in [-0.1, -0.05) is 39.5 Å². The number of thioether (sulfide) groups is 1. The van der Waals surface area contributed by atoms with Crippen LogP contribution >= 0.6 is 23.1 Å². The van der Waals surface area contributed by atoms with Gasteiger partial charge in [0, 0.05) is 22.1 Å². The van der Waals surface area contributed by atoms with Crippen LogP contribution in [-0.4, -0.2) is 39.5 Å². The van der Waals surface area contributed by atoms with Gasteiger partial charge in [0.1, 0.15) is 0 Å². The van der Waals surface area contributed by atoms with Crippen LogP contribution in [0.2, 0.25) is 0 Å². The number of aliphatic imine (C=N–C) groups is 1. The highest BCUT2D eigenvalue weighted by atomic mass is 32.2. The van der Waals surface area contributed by atoms with E-state index in [0.29, 0.717) is 23.9 Å². The van der Waals surface area contributed by atoms with Crippen LogP contribution in [0.3, 0.4) is 0 Å². The number of amidine groups is 1. The zero-order chi connectivity index (χ0) is 21.0. The molecule has 1 aliphatic carbocycles. The van der Waals surface area contributed by atoms with E-state index in [2.05, 4.69) is 44.7 Å². The molecule has 1 aromatic rings. The lowest BCUT2D eigenvalue weighted by Crippen LogP contribution is -2.31. The first-order valence-corrected chi connectivity index (χ1v) is 12.8. The first-order chi connectivity index (χ1) is 13.8. The summed E-state index contributed by atoms with van der Waals surface area (Å²) in [6, 6.07) is 4.77. The van der Waals surface area contributed by atoms with Crippen molar-refractivity contribution in [2.75, 3.05) is 12.3 Å².